The molecule has 30 heavy (non-hydrogen) atoms. The molecule has 0 atom stereocenters. The molecule has 0 aliphatic heterocycles. The van der Waals surface area contributed by atoms with E-state index in [2.05, 4.69) is 15.5 Å². The van der Waals surface area contributed by atoms with Gasteiger partial charge in [-0.3, -0.25) is 4.79 Å². The van der Waals surface area contributed by atoms with E-state index >= 15 is 0 Å². The average Bonchev–Trinajstić information content (AvgIpc) is 3.16. The maximum atomic E-state index is 13.0. The number of aromatic nitrogens is 2. The summed E-state index contributed by atoms with van der Waals surface area (Å²) in [6.07, 6.45) is 11.4. The molecule has 1 aromatic heterocycles. The van der Waals surface area contributed by atoms with Crippen LogP contribution in [0.15, 0.2) is 28.8 Å². The molecule has 1 aromatic carbocycles. The highest BCUT2D eigenvalue weighted by atomic mass is 19.1. The van der Waals surface area contributed by atoms with Gasteiger partial charge < -0.3 is 9.84 Å². The summed E-state index contributed by atoms with van der Waals surface area (Å²) in [6, 6.07) is 6.00. The maximum Gasteiger partial charge on any atom is 0.226 e. The Balaban J connectivity index is 1.03. The van der Waals surface area contributed by atoms with E-state index in [0.29, 0.717) is 42.0 Å². The van der Waals surface area contributed by atoms with Crippen molar-refractivity contribution in [2.24, 2.45) is 23.2 Å². The van der Waals surface area contributed by atoms with E-state index in [1.807, 2.05) is 0 Å². The molecule has 4 saturated carbocycles. The number of aryl methyl sites for hydroxylation is 1. The van der Waals surface area contributed by atoms with E-state index in [0.717, 1.165) is 30.7 Å². The van der Waals surface area contributed by atoms with Crippen molar-refractivity contribution in [3.05, 3.63) is 36.0 Å². The molecule has 4 aliphatic carbocycles. The Morgan fingerprint density at radius 2 is 1.77 bits per heavy atom. The molecule has 6 heteroatoms. The van der Waals surface area contributed by atoms with Crippen molar-refractivity contribution in [2.75, 3.05) is 6.54 Å². The standard InChI is InChI=1S/C24H30FN3O2/c25-20-6-4-19(5-7-20)23-27-22(30-28-23)3-1-2-21(29)26-9-8-24-13-16-10-17(14-24)12-18(11-16)15-24/h4-7,16-18H,1-3,8-15H2,(H,26,29). The lowest BCUT2D eigenvalue weighted by molar-refractivity contribution is -0.121. The lowest BCUT2D eigenvalue weighted by atomic mass is 9.49. The van der Waals surface area contributed by atoms with E-state index in [-0.39, 0.29) is 11.7 Å². The number of carbonyl (C=O) groups excluding carboxylic acids is 1. The maximum absolute atomic E-state index is 13.0. The van der Waals surface area contributed by atoms with Crippen LogP contribution in [-0.4, -0.2) is 22.6 Å². The van der Waals surface area contributed by atoms with Crippen LogP contribution in [0.4, 0.5) is 4.39 Å². The summed E-state index contributed by atoms with van der Waals surface area (Å²) in [4.78, 5) is 16.6. The van der Waals surface area contributed by atoms with Gasteiger partial charge in [-0.05, 0) is 98.8 Å². The van der Waals surface area contributed by atoms with Crippen LogP contribution >= 0.6 is 0 Å². The van der Waals surface area contributed by atoms with Crippen LogP contribution in [0.5, 0.6) is 0 Å². The molecule has 6 rings (SSSR count). The number of amides is 1. The summed E-state index contributed by atoms with van der Waals surface area (Å²) in [6.45, 7) is 0.806. The molecular formula is C24H30FN3O2. The van der Waals surface area contributed by atoms with E-state index in [1.165, 1.54) is 50.7 Å². The van der Waals surface area contributed by atoms with Gasteiger partial charge in [-0.25, -0.2) is 4.39 Å². The summed E-state index contributed by atoms with van der Waals surface area (Å²) in [7, 11) is 0. The van der Waals surface area contributed by atoms with Gasteiger partial charge in [0, 0.05) is 24.9 Å². The zero-order valence-electron chi connectivity index (χ0n) is 17.4. The second-order valence-corrected chi connectivity index (χ2v) is 9.89. The van der Waals surface area contributed by atoms with Gasteiger partial charge in [-0.2, -0.15) is 4.98 Å². The van der Waals surface area contributed by atoms with Crippen LogP contribution in [-0.2, 0) is 11.2 Å². The number of carbonyl (C=O) groups is 1. The summed E-state index contributed by atoms with van der Waals surface area (Å²) in [5, 5.41) is 7.08. The van der Waals surface area contributed by atoms with Gasteiger partial charge in [-0.1, -0.05) is 5.16 Å². The Hall–Kier alpha value is -2.24. The molecule has 160 valence electrons. The van der Waals surface area contributed by atoms with Crippen molar-refractivity contribution in [1.82, 2.24) is 15.5 Å². The molecule has 4 aliphatic rings. The van der Waals surface area contributed by atoms with Crippen LogP contribution < -0.4 is 5.32 Å². The summed E-state index contributed by atoms with van der Waals surface area (Å²) in [5.74, 6) is 3.65. The topological polar surface area (TPSA) is 68.0 Å². The Morgan fingerprint density at radius 1 is 1.10 bits per heavy atom. The molecule has 1 N–H and O–H groups in total. The average molecular weight is 412 g/mol. The van der Waals surface area contributed by atoms with Gasteiger partial charge in [0.05, 0.1) is 0 Å². The number of halogens is 1. The zero-order valence-corrected chi connectivity index (χ0v) is 17.4. The summed E-state index contributed by atoms with van der Waals surface area (Å²) < 4.78 is 18.3. The lowest BCUT2D eigenvalue weighted by Gasteiger charge is -2.57. The number of nitrogens with zero attached hydrogens (tertiary/aromatic N) is 2. The minimum absolute atomic E-state index is 0.109. The van der Waals surface area contributed by atoms with Gasteiger partial charge in [-0.15, -0.1) is 0 Å². The first-order valence-electron chi connectivity index (χ1n) is 11.4. The third-order valence-electron chi connectivity index (χ3n) is 7.51. The first kappa shape index (κ1) is 19.7. The van der Waals surface area contributed by atoms with E-state index < -0.39 is 0 Å². The van der Waals surface area contributed by atoms with Gasteiger partial charge in [0.15, 0.2) is 0 Å². The predicted octanol–water partition coefficient (Wildman–Crippen LogP) is 4.92. The van der Waals surface area contributed by atoms with E-state index in [1.54, 1.807) is 12.1 Å². The SMILES string of the molecule is O=C(CCCc1nc(-c2ccc(F)cc2)no1)NCCC12CC3CC(CC(C3)C1)C2. The van der Waals surface area contributed by atoms with Crippen molar-refractivity contribution in [1.29, 1.82) is 0 Å². The molecule has 1 heterocycles. The first-order valence-corrected chi connectivity index (χ1v) is 11.4. The Labute approximate surface area is 176 Å². The third-order valence-corrected chi connectivity index (χ3v) is 7.51. The fraction of sp³-hybridized carbons (Fsp3) is 0.625. The van der Waals surface area contributed by atoms with Crippen LogP contribution in [0.25, 0.3) is 11.4 Å². The molecular weight excluding hydrogens is 381 g/mol. The molecule has 1 amide bonds. The number of nitrogens with one attached hydrogen (secondary N) is 1. The van der Waals surface area contributed by atoms with Crippen LogP contribution in [0.2, 0.25) is 0 Å². The van der Waals surface area contributed by atoms with Crippen molar-refractivity contribution < 1.29 is 13.7 Å². The molecule has 4 bridgehead atoms. The largest absolute Gasteiger partial charge is 0.356 e. The van der Waals surface area contributed by atoms with E-state index in [9.17, 15) is 9.18 Å². The quantitative estimate of drug-likeness (QED) is 0.669. The zero-order chi connectivity index (χ0) is 20.6. The molecule has 4 fully saturated rings. The fourth-order valence-electron chi connectivity index (χ4n) is 6.62. The van der Waals surface area contributed by atoms with Crippen molar-refractivity contribution in [2.45, 2.75) is 64.2 Å². The van der Waals surface area contributed by atoms with Gasteiger partial charge in [0.1, 0.15) is 5.82 Å². The molecule has 0 radical (unpaired) electrons. The third kappa shape index (κ3) is 4.28. The molecule has 0 unspecified atom stereocenters. The van der Waals surface area contributed by atoms with Gasteiger partial charge >= 0.3 is 0 Å². The highest BCUT2D eigenvalue weighted by molar-refractivity contribution is 5.75. The van der Waals surface area contributed by atoms with Gasteiger partial charge in [0.25, 0.3) is 0 Å². The van der Waals surface area contributed by atoms with Gasteiger partial charge in [0.2, 0.25) is 17.6 Å². The highest BCUT2D eigenvalue weighted by Gasteiger charge is 2.50. The minimum Gasteiger partial charge on any atom is -0.356 e. The smallest absolute Gasteiger partial charge is 0.226 e. The molecule has 0 spiro atoms. The summed E-state index contributed by atoms with van der Waals surface area (Å²) in [5.41, 5.74) is 1.23. The van der Waals surface area contributed by atoms with Crippen LogP contribution in [0.3, 0.4) is 0 Å². The monoisotopic (exact) mass is 411 g/mol. The van der Waals surface area contributed by atoms with Crippen molar-refractivity contribution >= 4 is 5.91 Å². The molecule has 2 aromatic rings. The Morgan fingerprint density at radius 3 is 2.43 bits per heavy atom. The number of rotatable bonds is 8. The van der Waals surface area contributed by atoms with Crippen molar-refractivity contribution in [3.8, 4) is 11.4 Å². The second-order valence-electron chi connectivity index (χ2n) is 9.89. The Bertz CT molecular complexity index is 857. The summed E-state index contributed by atoms with van der Waals surface area (Å²) >= 11 is 0. The fourth-order valence-corrected chi connectivity index (χ4v) is 6.62. The lowest BCUT2D eigenvalue weighted by Crippen LogP contribution is -2.47. The van der Waals surface area contributed by atoms with Crippen LogP contribution in [0, 0.1) is 29.0 Å². The second kappa shape index (κ2) is 8.12. The molecule has 5 nitrogen and oxygen atoms in total. The number of benzene rings is 1. The Kier molecular flexibility index (Phi) is 5.34. The number of hydrogen-bond acceptors (Lipinski definition) is 4. The number of hydrogen-bond donors (Lipinski definition) is 1. The van der Waals surface area contributed by atoms with Crippen molar-refractivity contribution in [3.63, 3.8) is 0 Å². The molecule has 0 saturated heterocycles. The predicted molar refractivity (Wildman–Crippen MR) is 111 cm³/mol. The highest BCUT2D eigenvalue weighted by Crippen LogP contribution is 2.61. The first-order chi connectivity index (χ1) is 14.6. The minimum atomic E-state index is -0.295. The van der Waals surface area contributed by atoms with Crippen LogP contribution in [0.1, 0.15) is 63.7 Å². The normalized spacial score (nSPS) is 29.3. The van der Waals surface area contributed by atoms with E-state index in [4.69, 9.17) is 4.52 Å².